The average molecular weight is 238 g/mol. The normalized spacial score (nSPS) is 9.47. The van der Waals surface area contributed by atoms with Crippen LogP contribution in [0.3, 0.4) is 0 Å². The number of nitrogens with zero attached hydrogens (tertiary/aromatic N) is 1. The third-order valence-electron chi connectivity index (χ3n) is 1.84. The Labute approximate surface area is 96.5 Å². The molecule has 7 heteroatoms. The van der Waals surface area contributed by atoms with Crippen LogP contribution in [0.1, 0.15) is 17.3 Å². The van der Waals surface area contributed by atoms with Crippen molar-refractivity contribution in [1.29, 1.82) is 0 Å². The largest absolute Gasteiger partial charge is 0.441 e. The molecule has 0 unspecified atom stereocenters. The smallest absolute Gasteiger partial charge is 0.339 e. The van der Waals surface area contributed by atoms with Gasteiger partial charge in [-0.25, -0.2) is 4.79 Å². The molecule has 0 aliphatic carbocycles. The summed E-state index contributed by atoms with van der Waals surface area (Å²) in [5.41, 5.74) is 0.0735. The fourth-order valence-electron chi connectivity index (χ4n) is 1.01. The van der Waals surface area contributed by atoms with Gasteiger partial charge in [-0.05, 0) is 12.1 Å². The van der Waals surface area contributed by atoms with Gasteiger partial charge >= 0.3 is 5.97 Å². The van der Waals surface area contributed by atoms with E-state index in [0.29, 0.717) is 0 Å². The lowest BCUT2D eigenvalue weighted by atomic mass is 10.2. The monoisotopic (exact) mass is 238 g/mol. The van der Waals surface area contributed by atoms with E-state index in [1.807, 2.05) is 0 Å². The Hall–Kier alpha value is -2.44. The number of rotatable bonds is 4. The number of nitrogens with one attached hydrogen (secondary N) is 1. The first-order chi connectivity index (χ1) is 8.00. The molecule has 1 rings (SSSR count). The van der Waals surface area contributed by atoms with E-state index in [4.69, 9.17) is 4.74 Å². The number of carbonyl (C=O) groups is 2. The number of esters is 1. The van der Waals surface area contributed by atoms with Crippen molar-refractivity contribution in [1.82, 2.24) is 5.32 Å². The number of nitro benzene ring substituents is 1. The SMILES string of the molecule is CC(=O)NCOC(=O)c1ccc([N+](=O)[O-])cc1. The maximum atomic E-state index is 11.4. The van der Waals surface area contributed by atoms with Gasteiger partial charge in [0.1, 0.15) is 0 Å². The van der Waals surface area contributed by atoms with Gasteiger partial charge in [-0.2, -0.15) is 0 Å². The summed E-state index contributed by atoms with van der Waals surface area (Å²) in [7, 11) is 0. The molecule has 1 aromatic carbocycles. The van der Waals surface area contributed by atoms with E-state index in [0.717, 1.165) is 0 Å². The third kappa shape index (κ3) is 3.90. The van der Waals surface area contributed by atoms with E-state index in [-0.39, 0.29) is 23.9 Å². The summed E-state index contributed by atoms with van der Waals surface area (Å²) >= 11 is 0. The van der Waals surface area contributed by atoms with Crippen molar-refractivity contribution in [2.75, 3.05) is 6.73 Å². The Morgan fingerprint density at radius 3 is 2.41 bits per heavy atom. The molecule has 7 nitrogen and oxygen atoms in total. The molecule has 0 aromatic heterocycles. The van der Waals surface area contributed by atoms with Gasteiger partial charge in [0.15, 0.2) is 6.73 Å². The van der Waals surface area contributed by atoms with Crippen LogP contribution in [0.25, 0.3) is 0 Å². The van der Waals surface area contributed by atoms with Crippen molar-refractivity contribution in [2.45, 2.75) is 6.92 Å². The van der Waals surface area contributed by atoms with Gasteiger partial charge in [0.2, 0.25) is 5.91 Å². The Bertz CT molecular complexity index is 441. The molecule has 90 valence electrons. The number of hydrogen-bond acceptors (Lipinski definition) is 5. The molecular weight excluding hydrogens is 228 g/mol. The topological polar surface area (TPSA) is 98.5 Å². The highest BCUT2D eigenvalue weighted by atomic mass is 16.6. The predicted octanol–water partition coefficient (Wildman–Crippen LogP) is 0.845. The van der Waals surface area contributed by atoms with Crippen molar-refractivity contribution in [3.8, 4) is 0 Å². The average Bonchev–Trinajstić information content (AvgIpc) is 2.28. The minimum Gasteiger partial charge on any atom is -0.441 e. The number of amides is 1. The second-order valence-electron chi connectivity index (χ2n) is 3.11. The number of nitro groups is 1. The first kappa shape index (κ1) is 12.6. The number of non-ortho nitro benzene ring substituents is 1. The Balaban J connectivity index is 2.57. The zero-order chi connectivity index (χ0) is 12.8. The van der Waals surface area contributed by atoms with Gasteiger partial charge in [-0.1, -0.05) is 0 Å². The third-order valence-corrected chi connectivity index (χ3v) is 1.84. The van der Waals surface area contributed by atoms with Crippen LogP contribution in [0.4, 0.5) is 5.69 Å². The molecule has 0 radical (unpaired) electrons. The van der Waals surface area contributed by atoms with E-state index in [9.17, 15) is 19.7 Å². The van der Waals surface area contributed by atoms with Gasteiger partial charge in [0, 0.05) is 19.1 Å². The van der Waals surface area contributed by atoms with Gasteiger partial charge in [-0.15, -0.1) is 0 Å². The molecule has 0 heterocycles. The summed E-state index contributed by atoms with van der Waals surface area (Å²) in [6.07, 6.45) is 0. The zero-order valence-corrected chi connectivity index (χ0v) is 9.00. The van der Waals surface area contributed by atoms with Gasteiger partial charge < -0.3 is 10.1 Å². The van der Waals surface area contributed by atoms with Crippen molar-refractivity contribution < 1.29 is 19.2 Å². The molecule has 1 amide bonds. The van der Waals surface area contributed by atoms with Crippen LogP contribution in [-0.2, 0) is 9.53 Å². The molecule has 0 saturated carbocycles. The first-order valence-electron chi connectivity index (χ1n) is 4.66. The highest BCUT2D eigenvalue weighted by molar-refractivity contribution is 5.89. The fourth-order valence-corrected chi connectivity index (χ4v) is 1.01. The van der Waals surface area contributed by atoms with Crippen LogP contribution < -0.4 is 5.32 Å². The van der Waals surface area contributed by atoms with E-state index in [1.54, 1.807) is 0 Å². The molecule has 0 bridgehead atoms. The van der Waals surface area contributed by atoms with Crippen molar-refractivity contribution in [3.63, 3.8) is 0 Å². The number of benzene rings is 1. The van der Waals surface area contributed by atoms with Gasteiger partial charge in [0.05, 0.1) is 10.5 Å². The molecule has 0 atom stereocenters. The standard InChI is InChI=1S/C10H10N2O5/c1-7(13)11-6-17-10(14)8-2-4-9(5-3-8)12(15)16/h2-5H,6H2,1H3,(H,11,13). The molecule has 1 aromatic rings. The molecule has 17 heavy (non-hydrogen) atoms. The number of carbonyl (C=O) groups excluding carboxylic acids is 2. The molecule has 0 spiro atoms. The highest BCUT2D eigenvalue weighted by Crippen LogP contribution is 2.12. The molecule has 0 aliphatic rings. The minimum absolute atomic E-state index is 0.108. The lowest BCUT2D eigenvalue weighted by Crippen LogP contribution is -2.25. The second kappa shape index (κ2) is 5.59. The van der Waals surface area contributed by atoms with Crippen LogP contribution in [0.15, 0.2) is 24.3 Å². The van der Waals surface area contributed by atoms with Crippen LogP contribution in [-0.4, -0.2) is 23.5 Å². The molecule has 1 N–H and O–H groups in total. The summed E-state index contributed by atoms with van der Waals surface area (Å²) < 4.78 is 4.70. The van der Waals surface area contributed by atoms with Crippen LogP contribution in [0, 0.1) is 10.1 Å². The van der Waals surface area contributed by atoms with Gasteiger partial charge in [0.25, 0.3) is 5.69 Å². The molecular formula is C10H10N2O5. The zero-order valence-electron chi connectivity index (χ0n) is 9.00. The maximum Gasteiger partial charge on any atom is 0.339 e. The molecule has 0 fully saturated rings. The number of ether oxygens (including phenoxy) is 1. The minimum atomic E-state index is -0.659. The lowest BCUT2D eigenvalue weighted by Gasteiger charge is -2.04. The summed E-state index contributed by atoms with van der Waals surface area (Å²) in [6.45, 7) is 1.06. The van der Waals surface area contributed by atoms with Crippen molar-refractivity contribution >= 4 is 17.6 Å². The lowest BCUT2D eigenvalue weighted by molar-refractivity contribution is -0.384. The van der Waals surface area contributed by atoms with Gasteiger partial charge in [-0.3, -0.25) is 14.9 Å². The highest BCUT2D eigenvalue weighted by Gasteiger charge is 2.10. The van der Waals surface area contributed by atoms with Crippen molar-refractivity contribution in [2.24, 2.45) is 0 Å². The summed E-state index contributed by atoms with van der Waals surface area (Å²) in [5, 5.41) is 12.7. The Morgan fingerprint density at radius 1 is 1.35 bits per heavy atom. The molecule has 0 aliphatic heterocycles. The molecule has 0 saturated heterocycles. The summed E-state index contributed by atoms with van der Waals surface area (Å²) in [5.74, 6) is -0.977. The Morgan fingerprint density at radius 2 is 1.94 bits per heavy atom. The second-order valence-corrected chi connectivity index (χ2v) is 3.11. The van der Waals surface area contributed by atoms with Crippen LogP contribution in [0.2, 0.25) is 0 Å². The first-order valence-corrected chi connectivity index (χ1v) is 4.66. The van der Waals surface area contributed by atoms with Crippen LogP contribution in [0.5, 0.6) is 0 Å². The Kier molecular flexibility index (Phi) is 4.15. The van der Waals surface area contributed by atoms with Crippen molar-refractivity contribution in [3.05, 3.63) is 39.9 Å². The summed E-state index contributed by atoms with van der Waals surface area (Å²) in [4.78, 5) is 31.7. The van der Waals surface area contributed by atoms with E-state index in [2.05, 4.69) is 5.32 Å². The predicted molar refractivity (Wildman–Crippen MR) is 57.2 cm³/mol. The van der Waals surface area contributed by atoms with E-state index < -0.39 is 10.9 Å². The quantitative estimate of drug-likeness (QED) is 0.363. The van der Waals surface area contributed by atoms with E-state index >= 15 is 0 Å². The van der Waals surface area contributed by atoms with E-state index in [1.165, 1.54) is 31.2 Å². The maximum absolute atomic E-state index is 11.4. The summed E-state index contributed by atoms with van der Waals surface area (Å²) in [6, 6.07) is 4.98. The van der Waals surface area contributed by atoms with Crippen LogP contribution >= 0.6 is 0 Å². The fraction of sp³-hybridized carbons (Fsp3) is 0.200. The number of hydrogen-bond donors (Lipinski definition) is 1.